The van der Waals surface area contributed by atoms with Gasteiger partial charge in [0.15, 0.2) is 15.6 Å². The van der Waals surface area contributed by atoms with E-state index in [1.165, 1.54) is 12.1 Å². The van der Waals surface area contributed by atoms with E-state index in [-0.39, 0.29) is 42.3 Å². The highest BCUT2D eigenvalue weighted by Crippen LogP contribution is 2.29. The van der Waals surface area contributed by atoms with Crippen LogP contribution in [-0.4, -0.2) is 85.2 Å². The molecule has 3 heterocycles. The van der Waals surface area contributed by atoms with Gasteiger partial charge in [0.25, 0.3) is 0 Å². The molecule has 184 valence electrons. The number of halogens is 1. The standard InChI is InChI=1S/C24H31FN4O4S/c1-17-12-22(18(2)29(17)21-6-11-34(32,33)16-21)23(30)14-27-7-9-28(10-8-27)15-24(31)26-20-5-3-4-19(25)13-20/h3-5,12-13,21H,6-11,14-16H2,1-2H3,(H,26,31)/t21-/m0/s1. The number of nitrogens with one attached hydrogen (secondary N) is 1. The number of hydrogen-bond donors (Lipinski definition) is 1. The van der Waals surface area contributed by atoms with E-state index >= 15 is 0 Å². The van der Waals surface area contributed by atoms with Gasteiger partial charge in [0.05, 0.1) is 24.6 Å². The van der Waals surface area contributed by atoms with Crippen LogP contribution in [-0.2, 0) is 14.6 Å². The number of benzene rings is 1. The van der Waals surface area contributed by atoms with Crippen molar-refractivity contribution in [2.24, 2.45) is 0 Å². The lowest BCUT2D eigenvalue weighted by Gasteiger charge is -2.33. The van der Waals surface area contributed by atoms with E-state index < -0.39 is 15.7 Å². The van der Waals surface area contributed by atoms with Crippen molar-refractivity contribution in [3.63, 3.8) is 0 Å². The molecule has 0 unspecified atom stereocenters. The summed E-state index contributed by atoms with van der Waals surface area (Å²) >= 11 is 0. The van der Waals surface area contributed by atoms with Crippen LogP contribution in [0.1, 0.15) is 34.2 Å². The molecule has 1 aromatic carbocycles. The van der Waals surface area contributed by atoms with E-state index in [4.69, 9.17) is 0 Å². The Morgan fingerprint density at radius 1 is 1.06 bits per heavy atom. The van der Waals surface area contributed by atoms with Crippen molar-refractivity contribution < 1.29 is 22.4 Å². The molecule has 1 amide bonds. The Morgan fingerprint density at radius 3 is 2.35 bits per heavy atom. The number of rotatable bonds is 7. The number of carbonyl (C=O) groups excluding carboxylic acids is 2. The Kier molecular flexibility index (Phi) is 7.20. The Hall–Kier alpha value is -2.56. The monoisotopic (exact) mass is 490 g/mol. The molecule has 4 rings (SSSR count). The molecule has 2 fully saturated rings. The van der Waals surface area contributed by atoms with Gasteiger partial charge in [-0.05, 0) is 44.5 Å². The van der Waals surface area contributed by atoms with Gasteiger partial charge in [0.2, 0.25) is 5.91 Å². The summed E-state index contributed by atoms with van der Waals surface area (Å²) in [5.41, 5.74) is 2.83. The third-order valence-electron chi connectivity index (χ3n) is 6.67. The van der Waals surface area contributed by atoms with Crippen molar-refractivity contribution in [1.29, 1.82) is 0 Å². The molecule has 10 heteroatoms. The predicted octanol–water partition coefficient (Wildman–Crippen LogP) is 2.04. The molecular formula is C24H31FN4O4S. The molecule has 2 aliphatic heterocycles. The SMILES string of the molecule is Cc1cc(C(=O)CN2CCN(CC(=O)Nc3cccc(F)c3)CC2)c(C)n1[C@H]1CCS(=O)(=O)C1. The number of carbonyl (C=O) groups is 2. The van der Waals surface area contributed by atoms with Crippen LogP contribution in [0.3, 0.4) is 0 Å². The smallest absolute Gasteiger partial charge is 0.238 e. The predicted molar refractivity (Wildman–Crippen MR) is 128 cm³/mol. The lowest BCUT2D eigenvalue weighted by molar-refractivity contribution is -0.117. The lowest BCUT2D eigenvalue weighted by Crippen LogP contribution is -2.49. The highest BCUT2D eigenvalue weighted by Gasteiger charge is 2.32. The number of sulfone groups is 1. The van der Waals surface area contributed by atoms with E-state index in [2.05, 4.69) is 10.2 Å². The molecule has 2 saturated heterocycles. The highest BCUT2D eigenvalue weighted by molar-refractivity contribution is 7.91. The summed E-state index contributed by atoms with van der Waals surface area (Å²) in [7, 11) is -3.01. The normalized spacial score (nSPS) is 21.0. The number of Topliss-reactive ketones (excluding diaryl/α,β-unsaturated/α-hetero) is 1. The fourth-order valence-electron chi connectivity index (χ4n) is 4.96. The topological polar surface area (TPSA) is 91.7 Å². The van der Waals surface area contributed by atoms with Gasteiger partial charge in [0, 0.05) is 54.9 Å². The highest BCUT2D eigenvalue weighted by atomic mass is 32.2. The van der Waals surface area contributed by atoms with E-state index in [1.54, 1.807) is 12.1 Å². The van der Waals surface area contributed by atoms with Gasteiger partial charge in [-0.1, -0.05) is 6.07 Å². The zero-order valence-electron chi connectivity index (χ0n) is 19.6. The summed E-state index contributed by atoms with van der Waals surface area (Å²) in [6.45, 7) is 6.95. The molecule has 8 nitrogen and oxygen atoms in total. The van der Waals surface area contributed by atoms with Gasteiger partial charge in [-0.15, -0.1) is 0 Å². The van der Waals surface area contributed by atoms with E-state index in [9.17, 15) is 22.4 Å². The maximum Gasteiger partial charge on any atom is 0.238 e. The van der Waals surface area contributed by atoms with Crippen LogP contribution in [0, 0.1) is 19.7 Å². The van der Waals surface area contributed by atoms with Gasteiger partial charge < -0.3 is 9.88 Å². The molecule has 0 radical (unpaired) electrons. The molecule has 34 heavy (non-hydrogen) atoms. The fourth-order valence-corrected chi connectivity index (χ4v) is 6.66. The Morgan fingerprint density at radius 2 is 1.74 bits per heavy atom. The van der Waals surface area contributed by atoms with Gasteiger partial charge >= 0.3 is 0 Å². The van der Waals surface area contributed by atoms with Crippen molar-refractivity contribution >= 4 is 27.2 Å². The second kappa shape index (κ2) is 9.97. The van der Waals surface area contributed by atoms with Crippen LogP contribution >= 0.6 is 0 Å². The lowest BCUT2D eigenvalue weighted by atomic mass is 10.1. The molecule has 1 aromatic heterocycles. The first-order valence-corrected chi connectivity index (χ1v) is 13.4. The van der Waals surface area contributed by atoms with Crippen LogP contribution in [0.4, 0.5) is 10.1 Å². The van der Waals surface area contributed by atoms with Crippen LogP contribution < -0.4 is 5.32 Å². The summed E-state index contributed by atoms with van der Waals surface area (Å²) in [6.07, 6.45) is 0.584. The molecule has 2 aliphatic rings. The van der Waals surface area contributed by atoms with Crippen LogP contribution in [0.15, 0.2) is 30.3 Å². The van der Waals surface area contributed by atoms with Crippen molar-refractivity contribution in [3.8, 4) is 0 Å². The Labute approximate surface area is 199 Å². The number of ketones is 1. The average Bonchev–Trinajstić information content (AvgIpc) is 3.27. The largest absolute Gasteiger partial charge is 0.344 e. The van der Waals surface area contributed by atoms with Crippen molar-refractivity contribution in [2.45, 2.75) is 26.3 Å². The molecule has 0 aliphatic carbocycles. The maximum absolute atomic E-state index is 13.3. The summed E-state index contributed by atoms with van der Waals surface area (Å²) in [6, 6.07) is 7.57. The fraction of sp³-hybridized carbons (Fsp3) is 0.500. The molecular weight excluding hydrogens is 459 g/mol. The van der Waals surface area contributed by atoms with Crippen LogP contribution in [0.25, 0.3) is 0 Å². The zero-order valence-corrected chi connectivity index (χ0v) is 20.4. The first kappa shape index (κ1) is 24.6. The molecule has 2 aromatic rings. The second-order valence-electron chi connectivity index (χ2n) is 9.25. The maximum atomic E-state index is 13.3. The average molecular weight is 491 g/mol. The minimum absolute atomic E-state index is 0.0255. The third-order valence-corrected chi connectivity index (χ3v) is 8.42. The van der Waals surface area contributed by atoms with E-state index in [0.717, 1.165) is 11.4 Å². The number of aromatic nitrogens is 1. The minimum atomic E-state index is -3.01. The van der Waals surface area contributed by atoms with Crippen molar-refractivity contribution in [2.75, 3.05) is 56.1 Å². The zero-order chi connectivity index (χ0) is 24.5. The first-order valence-electron chi connectivity index (χ1n) is 11.5. The summed E-state index contributed by atoms with van der Waals surface area (Å²) in [4.78, 5) is 29.4. The number of aryl methyl sites for hydroxylation is 1. The van der Waals surface area contributed by atoms with Gasteiger partial charge in [0.1, 0.15) is 5.82 Å². The number of amides is 1. The first-order chi connectivity index (χ1) is 16.1. The summed E-state index contributed by atoms with van der Waals surface area (Å²) in [5.74, 6) is -0.243. The number of piperazine rings is 1. The minimum Gasteiger partial charge on any atom is -0.344 e. The number of nitrogens with zero attached hydrogens (tertiary/aromatic N) is 3. The van der Waals surface area contributed by atoms with E-state index in [1.807, 2.05) is 29.4 Å². The third kappa shape index (κ3) is 5.73. The van der Waals surface area contributed by atoms with Gasteiger partial charge in [-0.25, -0.2) is 12.8 Å². The van der Waals surface area contributed by atoms with E-state index in [0.29, 0.717) is 43.9 Å². The van der Waals surface area contributed by atoms with Crippen molar-refractivity contribution in [3.05, 3.63) is 53.1 Å². The Bertz CT molecular complexity index is 1190. The molecule has 0 spiro atoms. The summed E-state index contributed by atoms with van der Waals surface area (Å²) in [5, 5.41) is 2.71. The van der Waals surface area contributed by atoms with Gasteiger partial charge in [-0.2, -0.15) is 0 Å². The van der Waals surface area contributed by atoms with Gasteiger partial charge in [-0.3, -0.25) is 19.4 Å². The van der Waals surface area contributed by atoms with Crippen molar-refractivity contribution in [1.82, 2.24) is 14.4 Å². The molecule has 0 bridgehead atoms. The van der Waals surface area contributed by atoms with Crippen LogP contribution in [0.2, 0.25) is 0 Å². The number of anilines is 1. The quantitative estimate of drug-likeness (QED) is 0.598. The van der Waals surface area contributed by atoms with Crippen LogP contribution in [0.5, 0.6) is 0 Å². The molecule has 1 atom stereocenters. The molecule has 0 saturated carbocycles. The number of hydrogen-bond acceptors (Lipinski definition) is 6. The Balaban J connectivity index is 1.28. The molecule has 1 N–H and O–H groups in total. The second-order valence-corrected chi connectivity index (χ2v) is 11.5. The summed E-state index contributed by atoms with van der Waals surface area (Å²) < 4.78 is 39.1.